The van der Waals surface area contributed by atoms with Crippen LogP contribution in [0.15, 0.2) is 0 Å². The van der Waals surface area contributed by atoms with E-state index in [9.17, 15) is 5.11 Å². The smallest absolute Gasteiger partial charge is 0.181 e. The van der Waals surface area contributed by atoms with Crippen molar-refractivity contribution in [3.05, 3.63) is 0 Å². The number of ether oxygens (including phenoxy) is 2. The van der Waals surface area contributed by atoms with Crippen molar-refractivity contribution >= 4 is 0 Å². The third kappa shape index (κ3) is 3.09. The molecule has 1 heterocycles. The first-order chi connectivity index (χ1) is 5.49. The molecule has 0 aromatic carbocycles. The Bertz CT molecular complexity index is 139. The lowest BCUT2D eigenvalue weighted by Crippen LogP contribution is -2.40. The minimum Gasteiger partial charge on any atom is -0.367 e. The number of hydrogen-bond donors (Lipinski definition) is 1. The van der Waals surface area contributed by atoms with Crippen LogP contribution >= 0.6 is 0 Å². The van der Waals surface area contributed by atoms with Gasteiger partial charge in [0.2, 0.25) is 0 Å². The lowest BCUT2D eigenvalue weighted by atomic mass is 10.1. The van der Waals surface area contributed by atoms with Gasteiger partial charge in [-0.2, -0.15) is 0 Å². The normalized spacial score (nSPS) is 32.0. The van der Waals surface area contributed by atoms with Gasteiger partial charge in [0.05, 0.1) is 5.60 Å². The molecule has 0 aromatic rings. The van der Waals surface area contributed by atoms with Gasteiger partial charge in [0, 0.05) is 6.61 Å². The molecule has 1 fully saturated rings. The van der Waals surface area contributed by atoms with Crippen molar-refractivity contribution in [1.29, 1.82) is 0 Å². The van der Waals surface area contributed by atoms with Crippen LogP contribution in [-0.2, 0) is 9.47 Å². The molecule has 3 heteroatoms. The van der Waals surface area contributed by atoms with Crippen LogP contribution in [0.2, 0.25) is 0 Å². The van der Waals surface area contributed by atoms with Gasteiger partial charge in [0.1, 0.15) is 6.10 Å². The number of aliphatic hydroxyl groups excluding tert-OH is 1. The highest BCUT2D eigenvalue weighted by Crippen LogP contribution is 2.21. The van der Waals surface area contributed by atoms with E-state index in [1.807, 2.05) is 20.8 Å². The number of aliphatic hydroxyl groups is 1. The maximum absolute atomic E-state index is 9.39. The average molecular weight is 174 g/mol. The van der Waals surface area contributed by atoms with E-state index >= 15 is 0 Å². The van der Waals surface area contributed by atoms with Gasteiger partial charge in [0.25, 0.3) is 0 Å². The highest BCUT2D eigenvalue weighted by Gasteiger charge is 2.28. The van der Waals surface area contributed by atoms with Crippen molar-refractivity contribution in [1.82, 2.24) is 0 Å². The molecular formula is C9H18O3. The summed E-state index contributed by atoms with van der Waals surface area (Å²) in [5, 5.41) is 9.39. The minimum atomic E-state index is -0.738. The predicted molar refractivity (Wildman–Crippen MR) is 45.8 cm³/mol. The molecule has 1 saturated heterocycles. The number of rotatable bonds is 1. The van der Waals surface area contributed by atoms with Crippen molar-refractivity contribution < 1.29 is 14.6 Å². The standard InChI is InChI=1S/C9H18O3/c1-9(2,3)12-7-5-4-6-11-8(7)10/h7-8,10H,4-6H2,1-3H3. The Labute approximate surface area is 73.7 Å². The Kier molecular flexibility index (Phi) is 3.09. The molecule has 0 saturated carbocycles. The van der Waals surface area contributed by atoms with Crippen LogP contribution in [0, 0.1) is 0 Å². The summed E-state index contributed by atoms with van der Waals surface area (Å²) in [5.41, 5.74) is -0.202. The second-order valence-corrected chi connectivity index (χ2v) is 4.17. The Hall–Kier alpha value is -0.120. The summed E-state index contributed by atoms with van der Waals surface area (Å²) in [6.45, 7) is 6.59. The minimum absolute atomic E-state index is 0.154. The second-order valence-electron chi connectivity index (χ2n) is 4.17. The van der Waals surface area contributed by atoms with Crippen LogP contribution in [0.3, 0.4) is 0 Å². The largest absolute Gasteiger partial charge is 0.367 e. The summed E-state index contributed by atoms with van der Waals surface area (Å²) in [6, 6.07) is 0. The van der Waals surface area contributed by atoms with Crippen LogP contribution in [0.5, 0.6) is 0 Å². The maximum atomic E-state index is 9.39. The SMILES string of the molecule is CC(C)(C)OC1CCCOC1O. The topological polar surface area (TPSA) is 38.7 Å². The molecule has 1 rings (SSSR count). The van der Waals surface area contributed by atoms with Gasteiger partial charge in [-0.15, -0.1) is 0 Å². The zero-order valence-corrected chi connectivity index (χ0v) is 8.04. The van der Waals surface area contributed by atoms with Gasteiger partial charge in [-0.05, 0) is 33.6 Å². The summed E-state index contributed by atoms with van der Waals surface area (Å²) in [7, 11) is 0. The van der Waals surface area contributed by atoms with Crippen molar-refractivity contribution in [3.8, 4) is 0 Å². The van der Waals surface area contributed by atoms with Gasteiger partial charge >= 0.3 is 0 Å². The second kappa shape index (κ2) is 3.73. The molecule has 1 aliphatic rings. The molecule has 2 atom stereocenters. The van der Waals surface area contributed by atoms with Gasteiger partial charge in [0.15, 0.2) is 6.29 Å². The Morgan fingerprint density at radius 3 is 2.58 bits per heavy atom. The molecule has 0 aliphatic carbocycles. The molecule has 0 radical (unpaired) electrons. The molecule has 1 N–H and O–H groups in total. The molecule has 0 bridgehead atoms. The lowest BCUT2D eigenvalue weighted by Gasteiger charge is -2.33. The molecule has 0 spiro atoms. The van der Waals surface area contributed by atoms with E-state index < -0.39 is 6.29 Å². The number of hydrogen-bond acceptors (Lipinski definition) is 3. The Balaban J connectivity index is 2.39. The first-order valence-corrected chi connectivity index (χ1v) is 4.46. The quantitative estimate of drug-likeness (QED) is 0.651. The van der Waals surface area contributed by atoms with Crippen LogP contribution in [-0.4, -0.2) is 29.7 Å². The van der Waals surface area contributed by atoms with Crippen LogP contribution in [0.4, 0.5) is 0 Å². The van der Waals surface area contributed by atoms with Crippen LogP contribution in [0.1, 0.15) is 33.6 Å². The molecular weight excluding hydrogens is 156 g/mol. The van der Waals surface area contributed by atoms with Crippen molar-refractivity contribution in [2.45, 2.75) is 51.6 Å². The van der Waals surface area contributed by atoms with Gasteiger partial charge in [-0.25, -0.2) is 0 Å². The third-order valence-electron chi connectivity index (χ3n) is 1.74. The molecule has 0 amide bonds. The Morgan fingerprint density at radius 1 is 1.42 bits per heavy atom. The van der Waals surface area contributed by atoms with E-state index in [1.54, 1.807) is 0 Å². The van der Waals surface area contributed by atoms with E-state index in [2.05, 4.69) is 0 Å². The molecule has 3 nitrogen and oxygen atoms in total. The van der Waals surface area contributed by atoms with E-state index in [0.29, 0.717) is 6.61 Å². The monoisotopic (exact) mass is 174 g/mol. The molecule has 12 heavy (non-hydrogen) atoms. The molecule has 0 aromatic heterocycles. The molecule has 1 aliphatic heterocycles. The van der Waals surface area contributed by atoms with E-state index in [0.717, 1.165) is 12.8 Å². The van der Waals surface area contributed by atoms with Gasteiger partial charge < -0.3 is 14.6 Å². The first kappa shape index (κ1) is 9.96. The zero-order valence-electron chi connectivity index (χ0n) is 8.04. The van der Waals surface area contributed by atoms with Crippen molar-refractivity contribution in [3.63, 3.8) is 0 Å². The van der Waals surface area contributed by atoms with Gasteiger partial charge in [-0.3, -0.25) is 0 Å². The van der Waals surface area contributed by atoms with E-state index in [4.69, 9.17) is 9.47 Å². The summed E-state index contributed by atoms with van der Waals surface area (Å²) in [5.74, 6) is 0. The third-order valence-corrected chi connectivity index (χ3v) is 1.74. The van der Waals surface area contributed by atoms with Crippen molar-refractivity contribution in [2.24, 2.45) is 0 Å². The van der Waals surface area contributed by atoms with E-state index in [1.165, 1.54) is 0 Å². The summed E-state index contributed by atoms with van der Waals surface area (Å²) < 4.78 is 10.7. The summed E-state index contributed by atoms with van der Waals surface area (Å²) in [6.07, 6.45) is 0.965. The first-order valence-electron chi connectivity index (χ1n) is 4.46. The predicted octanol–water partition coefficient (Wildman–Crippen LogP) is 1.30. The fraction of sp³-hybridized carbons (Fsp3) is 1.00. The zero-order chi connectivity index (χ0) is 9.19. The average Bonchev–Trinajstić information content (AvgIpc) is 1.91. The maximum Gasteiger partial charge on any atom is 0.181 e. The van der Waals surface area contributed by atoms with Crippen molar-refractivity contribution in [2.75, 3.05) is 6.61 Å². The molecule has 2 unspecified atom stereocenters. The highest BCUT2D eigenvalue weighted by molar-refractivity contribution is 4.71. The lowest BCUT2D eigenvalue weighted by molar-refractivity contribution is -0.227. The fourth-order valence-corrected chi connectivity index (χ4v) is 1.31. The van der Waals surface area contributed by atoms with Crippen LogP contribution in [0.25, 0.3) is 0 Å². The van der Waals surface area contributed by atoms with Gasteiger partial charge in [-0.1, -0.05) is 0 Å². The summed E-state index contributed by atoms with van der Waals surface area (Å²) >= 11 is 0. The molecule has 72 valence electrons. The van der Waals surface area contributed by atoms with E-state index in [-0.39, 0.29) is 11.7 Å². The fourth-order valence-electron chi connectivity index (χ4n) is 1.31. The highest BCUT2D eigenvalue weighted by atomic mass is 16.6. The Morgan fingerprint density at radius 2 is 2.08 bits per heavy atom. The summed E-state index contributed by atoms with van der Waals surface area (Å²) in [4.78, 5) is 0. The van der Waals surface area contributed by atoms with Crippen LogP contribution < -0.4 is 0 Å².